The fourth-order valence-electron chi connectivity index (χ4n) is 2.13. The molecule has 2 saturated carbocycles. The SMILES string of the molecule is CC(NC(=O)C1(C(=O)O)CCC1)C1CC1. The highest BCUT2D eigenvalue weighted by Crippen LogP contribution is 2.42. The molecule has 4 heteroatoms. The maximum absolute atomic E-state index is 11.8. The molecule has 1 unspecified atom stereocenters. The first-order valence-electron chi connectivity index (χ1n) is 5.60. The van der Waals surface area contributed by atoms with Crippen molar-refractivity contribution < 1.29 is 14.7 Å². The molecule has 84 valence electrons. The molecular formula is C11H17NO3. The van der Waals surface area contributed by atoms with E-state index in [1.807, 2.05) is 6.92 Å². The lowest BCUT2D eigenvalue weighted by Gasteiger charge is -2.36. The average Bonchev–Trinajstić information content (AvgIpc) is 2.81. The molecular weight excluding hydrogens is 194 g/mol. The summed E-state index contributed by atoms with van der Waals surface area (Å²) in [4.78, 5) is 22.9. The van der Waals surface area contributed by atoms with Crippen LogP contribution in [0.1, 0.15) is 39.0 Å². The Balaban J connectivity index is 1.96. The van der Waals surface area contributed by atoms with Crippen LogP contribution in [0.15, 0.2) is 0 Å². The van der Waals surface area contributed by atoms with E-state index < -0.39 is 11.4 Å². The van der Waals surface area contributed by atoms with Gasteiger partial charge in [-0.3, -0.25) is 9.59 Å². The fourth-order valence-corrected chi connectivity index (χ4v) is 2.13. The summed E-state index contributed by atoms with van der Waals surface area (Å²) in [7, 11) is 0. The molecule has 0 saturated heterocycles. The second-order valence-corrected chi connectivity index (χ2v) is 4.84. The smallest absolute Gasteiger partial charge is 0.319 e. The van der Waals surface area contributed by atoms with Gasteiger partial charge in [-0.25, -0.2) is 0 Å². The molecule has 1 atom stereocenters. The molecule has 0 aliphatic heterocycles. The summed E-state index contributed by atoms with van der Waals surface area (Å²) in [6.45, 7) is 1.96. The largest absolute Gasteiger partial charge is 0.480 e. The summed E-state index contributed by atoms with van der Waals surface area (Å²) >= 11 is 0. The van der Waals surface area contributed by atoms with Crippen molar-refractivity contribution in [3.63, 3.8) is 0 Å². The molecule has 2 rings (SSSR count). The molecule has 2 N–H and O–H groups in total. The minimum Gasteiger partial charge on any atom is -0.480 e. The second kappa shape index (κ2) is 3.51. The van der Waals surface area contributed by atoms with Crippen LogP contribution in [-0.2, 0) is 9.59 Å². The number of carbonyl (C=O) groups excluding carboxylic acids is 1. The Morgan fingerprint density at radius 3 is 2.33 bits per heavy atom. The Morgan fingerprint density at radius 1 is 1.40 bits per heavy atom. The van der Waals surface area contributed by atoms with Gasteiger partial charge in [0.05, 0.1) is 0 Å². The van der Waals surface area contributed by atoms with Crippen molar-refractivity contribution in [3.8, 4) is 0 Å². The van der Waals surface area contributed by atoms with Crippen molar-refractivity contribution in [1.82, 2.24) is 5.32 Å². The van der Waals surface area contributed by atoms with Crippen molar-refractivity contribution in [2.24, 2.45) is 11.3 Å². The number of hydrogen-bond donors (Lipinski definition) is 2. The lowest BCUT2D eigenvalue weighted by atomic mass is 9.68. The monoisotopic (exact) mass is 211 g/mol. The van der Waals surface area contributed by atoms with Gasteiger partial charge >= 0.3 is 5.97 Å². The number of nitrogens with one attached hydrogen (secondary N) is 1. The van der Waals surface area contributed by atoms with Crippen LogP contribution in [0.3, 0.4) is 0 Å². The van der Waals surface area contributed by atoms with Gasteiger partial charge in [0, 0.05) is 6.04 Å². The van der Waals surface area contributed by atoms with Gasteiger partial charge in [-0.15, -0.1) is 0 Å². The third-order valence-corrected chi connectivity index (χ3v) is 3.74. The molecule has 1 amide bonds. The van der Waals surface area contributed by atoms with Gasteiger partial charge in [0.1, 0.15) is 5.41 Å². The van der Waals surface area contributed by atoms with Crippen molar-refractivity contribution in [1.29, 1.82) is 0 Å². The molecule has 15 heavy (non-hydrogen) atoms. The van der Waals surface area contributed by atoms with Gasteiger partial charge in [-0.1, -0.05) is 6.42 Å². The summed E-state index contributed by atoms with van der Waals surface area (Å²) in [5.41, 5.74) is -1.11. The van der Waals surface area contributed by atoms with Crippen LogP contribution in [0, 0.1) is 11.3 Å². The lowest BCUT2D eigenvalue weighted by molar-refractivity contribution is -0.162. The number of carbonyl (C=O) groups is 2. The summed E-state index contributed by atoms with van der Waals surface area (Å²) in [6, 6.07) is 0.134. The number of carboxylic acids is 1. The van der Waals surface area contributed by atoms with Crippen LogP contribution in [-0.4, -0.2) is 23.0 Å². The molecule has 0 spiro atoms. The molecule has 2 aliphatic carbocycles. The zero-order valence-electron chi connectivity index (χ0n) is 8.95. The van der Waals surface area contributed by atoms with E-state index >= 15 is 0 Å². The van der Waals surface area contributed by atoms with Crippen molar-refractivity contribution >= 4 is 11.9 Å². The number of hydrogen-bond acceptors (Lipinski definition) is 2. The van der Waals surface area contributed by atoms with Gasteiger partial charge < -0.3 is 10.4 Å². The highest BCUT2D eigenvalue weighted by molar-refractivity contribution is 6.02. The quantitative estimate of drug-likeness (QED) is 0.686. The van der Waals surface area contributed by atoms with Crippen LogP contribution in [0.4, 0.5) is 0 Å². The van der Waals surface area contributed by atoms with Crippen LogP contribution < -0.4 is 5.32 Å². The molecule has 2 aliphatic rings. The minimum atomic E-state index is -1.11. The summed E-state index contributed by atoms with van der Waals surface area (Å²) in [5.74, 6) is -0.672. The molecule has 0 aromatic rings. The predicted octanol–water partition coefficient (Wildman–Crippen LogP) is 1.16. The third kappa shape index (κ3) is 1.73. The van der Waals surface area contributed by atoms with Crippen LogP contribution in [0.2, 0.25) is 0 Å². The van der Waals surface area contributed by atoms with E-state index in [2.05, 4.69) is 5.32 Å². The summed E-state index contributed by atoms with van der Waals surface area (Å²) in [6.07, 6.45) is 4.14. The first kappa shape index (κ1) is 10.5. The Bertz CT molecular complexity index is 292. The van der Waals surface area contributed by atoms with Crippen molar-refractivity contribution in [3.05, 3.63) is 0 Å². The molecule has 0 heterocycles. The van der Waals surface area contributed by atoms with Crippen molar-refractivity contribution in [2.45, 2.75) is 45.1 Å². The van der Waals surface area contributed by atoms with Crippen molar-refractivity contribution in [2.75, 3.05) is 0 Å². The maximum Gasteiger partial charge on any atom is 0.319 e. The van der Waals surface area contributed by atoms with E-state index in [0.717, 1.165) is 19.3 Å². The van der Waals surface area contributed by atoms with E-state index in [0.29, 0.717) is 18.8 Å². The normalized spacial score (nSPS) is 25.1. The number of rotatable bonds is 4. The molecule has 0 radical (unpaired) electrons. The second-order valence-electron chi connectivity index (χ2n) is 4.84. The van der Waals surface area contributed by atoms with Gasteiger partial charge in [0.15, 0.2) is 0 Å². The van der Waals surface area contributed by atoms with Gasteiger partial charge in [0.2, 0.25) is 5.91 Å². The topological polar surface area (TPSA) is 66.4 Å². The lowest BCUT2D eigenvalue weighted by Crippen LogP contribution is -2.53. The van der Waals surface area contributed by atoms with E-state index in [-0.39, 0.29) is 11.9 Å². The summed E-state index contributed by atoms with van der Waals surface area (Å²) < 4.78 is 0. The maximum atomic E-state index is 11.8. The highest BCUT2D eigenvalue weighted by Gasteiger charge is 2.51. The van der Waals surface area contributed by atoms with E-state index in [4.69, 9.17) is 5.11 Å². The Hall–Kier alpha value is -1.06. The van der Waals surface area contributed by atoms with E-state index in [1.165, 1.54) is 0 Å². The fraction of sp³-hybridized carbons (Fsp3) is 0.818. The van der Waals surface area contributed by atoms with Crippen LogP contribution >= 0.6 is 0 Å². The number of aliphatic carboxylic acids is 1. The summed E-state index contributed by atoms with van der Waals surface area (Å²) in [5, 5.41) is 11.9. The first-order chi connectivity index (χ1) is 7.06. The minimum absolute atomic E-state index is 0.134. The van der Waals surface area contributed by atoms with Crippen LogP contribution in [0.5, 0.6) is 0 Å². The van der Waals surface area contributed by atoms with Gasteiger partial charge in [-0.2, -0.15) is 0 Å². The Labute approximate surface area is 89.0 Å². The molecule has 0 aromatic carbocycles. The zero-order chi connectivity index (χ0) is 11.1. The van der Waals surface area contributed by atoms with Crippen LogP contribution in [0.25, 0.3) is 0 Å². The van der Waals surface area contributed by atoms with E-state index in [9.17, 15) is 9.59 Å². The molecule has 2 fully saturated rings. The number of amides is 1. The Morgan fingerprint density at radius 2 is 2.00 bits per heavy atom. The standard InChI is InChI=1S/C11H17NO3/c1-7(8-3-4-8)12-9(13)11(10(14)15)5-2-6-11/h7-8H,2-6H2,1H3,(H,12,13)(H,14,15). The number of carboxylic acid groups (broad SMARTS) is 1. The highest BCUT2D eigenvalue weighted by atomic mass is 16.4. The van der Waals surface area contributed by atoms with E-state index in [1.54, 1.807) is 0 Å². The first-order valence-corrected chi connectivity index (χ1v) is 5.60. The average molecular weight is 211 g/mol. The molecule has 0 bridgehead atoms. The molecule has 4 nitrogen and oxygen atoms in total. The molecule has 0 aromatic heterocycles. The van der Waals surface area contributed by atoms with Gasteiger partial charge in [0.25, 0.3) is 0 Å². The predicted molar refractivity (Wildman–Crippen MR) is 54.2 cm³/mol. The van der Waals surface area contributed by atoms with Gasteiger partial charge in [-0.05, 0) is 38.5 Å². The Kier molecular flexibility index (Phi) is 2.44. The zero-order valence-corrected chi connectivity index (χ0v) is 8.95. The third-order valence-electron chi connectivity index (χ3n) is 3.74.